The van der Waals surface area contributed by atoms with Crippen molar-refractivity contribution in [3.8, 4) is 0 Å². The molecular weight excluding hydrogens is 276 g/mol. The molecule has 2 aliphatic rings. The Hall–Kier alpha value is -1.39. The number of aliphatic hydroxyl groups excluding tert-OH is 1. The van der Waals surface area contributed by atoms with E-state index in [9.17, 15) is 9.90 Å². The van der Waals surface area contributed by atoms with Crippen molar-refractivity contribution in [2.45, 2.75) is 57.7 Å². The van der Waals surface area contributed by atoms with Crippen molar-refractivity contribution in [1.29, 1.82) is 0 Å². The maximum Gasteiger partial charge on any atom is 0.237 e. The molecule has 3 rings (SSSR count). The van der Waals surface area contributed by atoms with Crippen molar-refractivity contribution in [2.24, 2.45) is 5.41 Å². The van der Waals surface area contributed by atoms with Crippen molar-refractivity contribution in [3.63, 3.8) is 0 Å². The summed E-state index contributed by atoms with van der Waals surface area (Å²) in [6.45, 7) is 3.39. The van der Waals surface area contributed by atoms with E-state index in [-0.39, 0.29) is 23.5 Å². The highest BCUT2D eigenvalue weighted by molar-refractivity contribution is 5.82. The van der Waals surface area contributed by atoms with Gasteiger partial charge < -0.3 is 15.7 Å². The number of hydrogen-bond acceptors (Lipinski definition) is 3. The van der Waals surface area contributed by atoms with E-state index in [1.54, 1.807) is 0 Å². The quantitative estimate of drug-likeness (QED) is 0.797. The van der Waals surface area contributed by atoms with Crippen LogP contribution >= 0.6 is 0 Å². The predicted molar refractivity (Wildman–Crippen MR) is 86.4 cm³/mol. The zero-order valence-corrected chi connectivity index (χ0v) is 13.3. The van der Waals surface area contributed by atoms with E-state index in [4.69, 9.17) is 0 Å². The van der Waals surface area contributed by atoms with Crippen molar-refractivity contribution in [2.75, 3.05) is 6.54 Å². The lowest BCUT2D eigenvalue weighted by Gasteiger charge is -2.39. The molecule has 1 amide bonds. The van der Waals surface area contributed by atoms with E-state index in [0.29, 0.717) is 6.54 Å². The Morgan fingerprint density at radius 1 is 1.36 bits per heavy atom. The van der Waals surface area contributed by atoms with E-state index in [1.807, 2.05) is 12.1 Å². The van der Waals surface area contributed by atoms with Crippen molar-refractivity contribution < 1.29 is 9.90 Å². The second-order valence-corrected chi connectivity index (χ2v) is 7.04. The average molecular weight is 302 g/mol. The van der Waals surface area contributed by atoms with Crippen LogP contribution in [0.25, 0.3) is 0 Å². The molecule has 0 aromatic heterocycles. The number of carbonyl (C=O) groups is 1. The molecule has 0 spiro atoms. The molecule has 3 atom stereocenters. The molecule has 0 bridgehead atoms. The van der Waals surface area contributed by atoms with Crippen LogP contribution in [0.5, 0.6) is 0 Å². The highest BCUT2D eigenvalue weighted by Gasteiger charge is 2.36. The summed E-state index contributed by atoms with van der Waals surface area (Å²) in [7, 11) is 0. The van der Waals surface area contributed by atoms with Gasteiger partial charge >= 0.3 is 0 Å². The van der Waals surface area contributed by atoms with Gasteiger partial charge in [-0.2, -0.15) is 0 Å². The maximum absolute atomic E-state index is 12.4. The number of benzene rings is 1. The Morgan fingerprint density at radius 3 is 2.91 bits per heavy atom. The molecule has 1 aromatic rings. The average Bonchev–Trinajstić information content (AvgIpc) is 2.55. The molecule has 3 N–H and O–H groups in total. The minimum atomic E-state index is -0.304. The summed E-state index contributed by atoms with van der Waals surface area (Å²) < 4.78 is 0. The molecular formula is C18H26N2O2. The minimum absolute atomic E-state index is 0.0495. The molecule has 0 saturated heterocycles. The maximum atomic E-state index is 12.4. The van der Waals surface area contributed by atoms with E-state index in [0.717, 1.165) is 38.6 Å². The molecule has 4 nitrogen and oxygen atoms in total. The summed E-state index contributed by atoms with van der Waals surface area (Å²) in [4.78, 5) is 12.4. The monoisotopic (exact) mass is 302 g/mol. The summed E-state index contributed by atoms with van der Waals surface area (Å²) in [6, 6.07) is 8.10. The number of nitrogens with one attached hydrogen (secondary N) is 2. The van der Waals surface area contributed by atoms with Crippen LogP contribution in [0, 0.1) is 5.41 Å². The van der Waals surface area contributed by atoms with E-state index in [2.05, 4.69) is 29.7 Å². The predicted octanol–water partition coefficient (Wildman–Crippen LogP) is 1.76. The number of carbonyl (C=O) groups excluding carboxylic acids is 1. The Kier molecular flexibility index (Phi) is 4.50. The highest BCUT2D eigenvalue weighted by Crippen LogP contribution is 2.35. The summed E-state index contributed by atoms with van der Waals surface area (Å²) in [5, 5.41) is 16.6. The SMILES string of the molecule is C[C@]1(CNC(=O)[C@@H]2Cc3ccccc3CN2)CCCC[C@H]1O. The van der Waals surface area contributed by atoms with Crippen molar-refractivity contribution in [1.82, 2.24) is 10.6 Å². The number of hydrogen-bond donors (Lipinski definition) is 3. The van der Waals surface area contributed by atoms with Gasteiger partial charge in [-0.3, -0.25) is 4.79 Å². The molecule has 1 saturated carbocycles. The fourth-order valence-corrected chi connectivity index (χ4v) is 3.64. The lowest BCUT2D eigenvalue weighted by Crippen LogP contribution is -2.52. The molecule has 1 aromatic carbocycles. The van der Waals surface area contributed by atoms with Crippen LogP contribution in [0.15, 0.2) is 24.3 Å². The third-order valence-electron chi connectivity index (χ3n) is 5.34. The first-order valence-electron chi connectivity index (χ1n) is 8.34. The van der Waals surface area contributed by atoms with E-state index in [1.165, 1.54) is 11.1 Å². The number of fused-ring (bicyclic) bond motifs is 1. The van der Waals surface area contributed by atoms with Crippen LogP contribution in [0.4, 0.5) is 0 Å². The molecule has 1 aliphatic heterocycles. The molecule has 22 heavy (non-hydrogen) atoms. The largest absolute Gasteiger partial charge is 0.392 e. The van der Waals surface area contributed by atoms with Gasteiger partial charge in [-0.05, 0) is 30.4 Å². The first-order valence-corrected chi connectivity index (χ1v) is 8.34. The van der Waals surface area contributed by atoms with Crippen molar-refractivity contribution in [3.05, 3.63) is 35.4 Å². The van der Waals surface area contributed by atoms with Gasteiger partial charge in [0.15, 0.2) is 0 Å². The van der Waals surface area contributed by atoms with E-state index < -0.39 is 0 Å². The van der Waals surface area contributed by atoms with Gasteiger partial charge in [0.2, 0.25) is 5.91 Å². The van der Waals surface area contributed by atoms with Gasteiger partial charge in [0.05, 0.1) is 12.1 Å². The van der Waals surface area contributed by atoms with Gasteiger partial charge in [-0.25, -0.2) is 0 Å². The topological polar surface area (TPSA) is 61.4 Å². The second-order valence-electron chi connectivity index (χ2n) is 7.04. The summed E-state index contributed by atoms with van der Waals surface area (Å²) in [6.07, 6.45) is 4.49. The Morgan fingerprint density at radius 2 is 2.14 bits per heavy atom. The number of rotatable bonds is 3. The standard InChI is InChI=1S/C18H26N2O2/c1-18(9-5-4-8-16(18)21)12-20-17(22)15-10-13-6-2-3-7-14(13)11-19-15/h2-3,6-7,15-16,19,21H,4-5,8-12H2,1H3,(H,20,22)/t15-,16+,18+/m0/s1. The molecule has 1 aliphatic carbocycles. The van der Waals surface area contributed by atoms with Crippen LogP contribution in [0.3, 0.4) is 0 Å². The first-order chi connectivity index (χ1) is 10.6. The van der Waals surface area contributed by atoms with Crippen LogP contribution in [0.2, 0.25) is 0 Å². The van der Waals surface area contributed by atoms with Crippen LogP contribution < -0.4 is 10.6 Å². The highest BCUT2D eigenvalue weighted by atomic mass is 16.3. The molecule has 4 heteroatoms. The number of amides is 1. The summed E-state index contributed by atoms with van der Waals surface area (Å²) >= 11 is 0. The third-order valence-corrected chi connectivity index (χ3v) is 5.34. The Labute approximate surface area is 132 Å². The fraction of sp³-hybridized carbons (Fsp3) is 0.611. The van der Waals surface area contributed by atoms with Gasteiger partial charge in [0.1, 0.15) is 0 Å². The lowest BCUT2D eigenvalue weighted by atomic mass is 9.73. The minimum Gasteiger partial charge on any atom is -0.392 e. The van der Waals surface area contributed by atoms with E-state index >= 15 is 0 Å². The smallest absolute Gasteiger partial charge is 0.237 e. The van der Waals surface area contributed by atoms with Crippen molar-refractivity contribution >= 4 is 5.91 Å². The normalized spacial score (nSPS) is 31.4. The molecule has 0 radical (unpaired) electrons. The zero-order valence-electron chi connectivity index (χ0n) is 13.3. The first kappa shape index (κ1) is 15.5. The lowest BCUT2D eigenvalue weighted by molar-refractivity contribution is -0.124. The molecule has 120 valence electrons. The summed E-state index contributed by atoms with van der Waals surface area (Å²) in [5.41, 5.74) is 2.35. The van der Waals surface area contributed by atoms with Gasteiger partial charge in [-0.1, -0.05) is 44.0 Å². The Balaban J connectivity index is 1.57. The molecule has 0 unspecified atom stereocenters. The van der Waals surface area contributed by atoms with Crippen LogP contribution in [-0.4, -0.2) is 29.7 Å². The second kappa shape index (κ2) is 6.39. The van der Waals surface area contributed by atoms with Gasteiger partial charge in [-0.15, -0.1) is 0 Å². The zero-order chi connectivity index (χ0) is 15.6. The Bertz CT molecular complexity index is 546. The summed E-state index contributed by atoms with van der Waals surface area (Å²) in [5.74, 6) is 0.0495. The molecule has 1 heterocycles. The fourth-order valence-electron chi connectivity index (χ4n) is 3.64. The molecule has 1 fully saturated rings. The van der Waals surface area contributed by atoms with Gasteiger partial charge in [0.25, 0.3) is 0 Å². The van der Waals surface area contributed by atoms with Crippen LogP contribution in [0.1, 0.15) is 43.7 Å². The van der Waals surface area contributed by atoms with Crippen LogP contribution in [-0.2, 0) is 17.8 Å². The van der Waals surface area contributed by atoms with Gasteiger partial charge in [0, 0.05) is 18.5 Å². The third kappa shape index (κ3) is 3.18. The number of aliphatic hydroxyl groups is 1.